The quantitative estimate of drug-likeness (QED) is 0.750. The van der Waals surface area contributed by atoms with Crippen LogP contribution in [0.4, 0.5) is 0 Å². The fourth-order valence-electron chi connectivity index (χ4n) is 1.08. The number of hydrogen-bond donors (Lipinski definition) is 1. The molecule has 0 fully saturated rings. The Balaban J connectivity index is 2.98. The highest BCUT2D eigenvalue weighted by molar-refractivity contribution is 7.80. The second-order valence-corrected chi connectivity index (χ2v) is 3.58. The summed E-state index contributed by atoms with van der Waals surface area (Å²) in [6, 6.07) is 3.81. The van der Waals surface area contributed by atoms with Gasteiger partial charge in [-0.3, -0.25) is 4.98 Å². The van der Waals surface area contributed by atoms with E-state index in [1.807, 2.05) is 12.1 Å². The molecule has 70 valence electrons. The van der Waals surface area contributed by atoms with E-state index in [0.717, 1.165) is 17.7 Å². The second kappa shape index (κ2) is 4.33. The first-order valence-electron chi connectivity index (χ1n) is 4.41. The van der Waals surface area contributed by atoms with Crippen molar-refractivity contribution in [2.24, 2.45) is 5.73 Å². The zero-order valence-corrected chi connectivity index (χ0v) is 8.77. The van der Waals surface area contributed by atoms with Crippen molar-refractivity contribution in [3.05, 3.63) is 29.6 Å². The van der Waals surface area contributed by atoms with Crippen LogP contribution in [0.1, 0.15) is 37.4 Å². The van der Waals surface area contributed by atoms with Crippen LogP contribution in [0, 0.1) is 0 Å². The van der Waals surface area contributed by atoms with Crippen molar-refractivity contribution in [2.75, 3.05) is 0 Å². The summed E-state index contributed by atoms with van der Waals surface area (Å²) >= 11 is 4.89. The molecule has 0 radical (unpaired) electrons. The molecule has 1 aromatic rings. The number of thiocarbonyl (C=S) groups is 1. The van der Waals surface area contributed by atoms with Gasteiger partial charge in [0.1, 0.15) is 4.99 Å². The Hall–Kier alpha value is -0.960. The van der Waals surface area contributed by atoms with Gasteiger partial charge in [-0.1, -0.05) is 26.1 Å². The molecule has 1 rings (SSSR count). The number of nitrogens with two attached hydrogens (primary N) is 1. The summed E-state index contributed by atoms with van der Waals surface area (Å²) < 4.78 is 0. The first-order valence-corrected chi connectivity index (χ1v) is 4.81. The second-order valence-electron chi connectivity index (χ2n) is 3.14. The van der Waals surface area contributed by atoms with Gasteiger partial charge in [0.25, 0.3) is 0 Å². The first-order chi connectivity index (χ1) is 6.15. The van der Waals surface area contributed by atoms with Crippen LogP contribution >= 0.6 is 12.2 Å². The maximum Gasteiger partial charge on any atom is 0.104 e. The predicted molar refractivity (Wildman–Crippen MR) is 58.8 cm³/mol. The minimum absolute atomic E-state index is 0.437. The summed E-state index contributed by atoms with van der Waals surface area (Å²) in [5.41, 5.74) is 7.49. The van der Waals surface area contributed by atoms with Crippen LogP contribution in [0.25, 0.3) is 0 Å². The van der Waals surface area contributed by atoms with E-state index >= 15 is 0 Å². The number of pyridine rings is 1. The molecule has 3 heteroatoms. The van der Waals surface area contributed by atoms with Gasteiger partial charge in [-0.15, -0.1) is 0 Å². The normalized spacial score (nSPS) is 12.5. The molecular weight excluding hydrogens is 180 g/mol. The van der Waals surface area contributed by atoms with Crippen molar-refractivity contribution in [3.8, 4) is 0 Å². The van der Waals surface area contributed by atoms with E-state index in [1.165, 1.54) is 0 Å². The van der Waals surface area contributed by atoms with Crippen LogP contribution in [0.15, 0.2) is 18.3 Å². The van der Waals surface area contributed by atoms with E-state index in [0.29, 0.717) is 10.9 Å². The molecule has 2 nitrogen and oxygen atoms in total. The van der Waals surface area contributed by atoms with Gasteiger partial charge >= 0.3 is 0 Å². The zero-order valence-electron chi connectivity index (χ0n) is 7.95. The highest BCUT2D eigenvalue weighted by Crippen LogP contribution is 2.16. The maximum atomic E-state index is 5.53. The molecule has 0 amide bonds. The van der Waals surface area contributed by atoms with Crippen LogP contribution in [0.2, 0.25) is 0 Å². The molecule has 1 aromatic heterocycles. The molecule has 13 heavy (non-hydrogen) atoms. The Bertz CT molecular complexity index is 310. The molecule has 1 atom stereocenters. The van der Waals surface area contributed by atoms with Crippen molar-refractivity contribution in [1.29, 1.82) is 0 Å². The maximum absolute atomic E-state index is 5.53. The molecule has 0 bridgehead atoms. The molecule has 2 N–H and O–H groups in total. The molecule has 0 aliphatic carbocycles. The fourth-order valence-corrected chi connectivity index (χ4v) is 1.21. The molecule has 0 saturated heterocycles. The summed E-state index contributed by atoms with van der Waals surface area (Å²) in [7, 11) is 0. The number of rotatable bonds is 3. The average Bonchev–Trinajstić information content (AvgIpc) is 2.17. The van der Waals surface area contributed by atoms with Crippen LogP contribution in [0.3, 0.4) is 0 Å². The van der Waals surface area contributed by atoms with Crippen molar-refractivity contribution in [2.45, 2.75) is 26.2 Å². The Labute approximate surface area is 84.2 Å². The molecule has 0 saturated carbocycles. The Morgan fingerprint density at radius 3 is 2.92 bits per heavy atom. The predicted octanol–water partition coefficient (Wildman–Crippen LogP) is 2.23. The highest BCUT2D eigenvalue weighted by atomic mass is 32.1. The Morgan fingerprint density at radius 1 is 1.69 bits per heavy atom. The molecule has 0 spiro atoms. The van der Waals surface area contributed by atoms with Gasteiger partial charge in [-0.05, 0) is 24.5 Å². The van der Waals surface area contributed by atoms with Gasteiger partial charge in [0.2, 0.25) is 0 Å². The summed E-state index contributed by atoms with van der Waals surface area (Å²) in [4.78, 5) is 4.71. The van der Waals surface area contributed by atoms with E-state index in [1.54, 1.807) is 6.20 Å². The van der Waals surface area contributed by atoms with E-state index < -0.39 is 0 Å². The largest absolute Gasteiger partial charge is 0.389 e. The number of nitrogens with zero attached hydrogens (tertiary/aromatic N) is 1. The molecule has 0 aliphatic rings. The van der Waals surface area contributed by atoms with Gasteiger partial charge < -0.3 is 5.73 Å². The third kappa shape index (κ3) is 2.49. The lowest BCUT2D eigenvalue weighted by molar-refractivity contribution is 0.708. The van der Waals surface area contributed by atoms with Gasteiger partial charge in [0.15, 0.2) is 0 Å². The van der Waals surface area contributed by atoms with E-state index in [9.17, 15) is 0 Å². The number of aromatic nitrogens is 1. The van der Waals surface area contributed by atoms with Gasteiger partial charge in [-0.2, -0.15) is 0 Å². The van der Waals surface area contributed by atoms with Crippen molar-refractivity contribution < 1.29 is 0 Å². The number of hydrogen-bond acceptors (Lipinski definition) is 2. The van der Waals surface area contributed by atoms with Crippen molar-refractivity contribution in [1.82, 2.24) is 4.98 Å². The van der Waals surface area contributed by atoms with Crippen molar-refractivity contribution in [3.63, 3.8) is 0 Å². The van der Waals surface area contributed by atoms with Crippen LogP contribution in [-0.2, 0) is 0 Å². The van der Waals surface area contributed by atoms with E-state index in [-0.39, 0.29) is 0 Å². The summed E-state index contributed by atoms with van der Waals surface area (Å²) in [6.45, 7) is 4.28. The average molecular weight is 194 g/mol. The summed E-state index contributed by atoms with van der Waals surface area (Å²) in [5.74, 6) is 0.467. The third-order valence-electron chi connectivity index (χ3n) is 2.18. The zero-order chi connectivity index (χ0) is 9.84. The van der Waals surface area contributed by atoms with Gasteiger partial charge in [0, 0.05) is 17.5 Å². The topological polar surface area (TPSA) is 38.9 Å². The molecule has 0 aromatic carbocycles. The lowest BCUT2D eigenvalue weighted by Crippen LogP contribution is -2.10. The Morgan fingerprint density at radius 2 is 2.38 bits per heavy atom. The molecule has 1 unspecified atom stereocenters. The minimum atomic E-state index is 0.437. The molecule has 1 heterocycles. The standard InChI is InChI=1S/C10H14N2S/c1-3-7(2)9-6-8(10(11)13)4-5-12-9/h4-7H,3H2,1-2H3,(H2,11,13). The van der Waals surface area contributed by atoms with Crippen molar-refractivity contribution >= 4 is 17.2 Å². The lowest BCUT2D eigenvalue weighted by Gasteiger charge is -2.08. The monoisotopic (exact) mass is 194 g/mol. The smallest absolute Gasteiger partial charge is 0.104 e. The van der Waals surface area contributed by atoms with Gasteiger partial charge in [-0.25, -0.2) is 0 Å². The minimum Gasteiger partial charge on any atom is -0.389 e. The van der Waals surface area contributed by atoms with E-state index in [4.69, 9.17) is 18.0 Å². The molecular formula is C10H14N2S. The highest BCUT2D eigenvalue weighted by Gasteiger charge is 2.05. The SMILES string of the molecule is CCC(C)c1cc(C(N)=S)ccn1. The van der Waals surface area contributed by atoms with Crippen LogP contribution in [0.5, 0.6) is 0 Å². The Kier molecular flexibility index (Phi) is 3.37. The third-order valence-corrected chi connectivity index (χ3v) is 2.42. The summed E-state index contributed by atoms with van der Waals surface area (Å²) in [6.07, 6.45) is 2.84. The first kappa shape index (κ1) is 10.1. The fraction of sp³-hybridized carbons (Fsp3) is 0.400. The lowest BCUT2D eigenvalue weighted by atomic mass is 10.0. The van der Waals surface area contributed by atoms with Crippen LogP contribution < -0.4 is 5.73 Å². The van der Waals surface area contributed by atoms with Crippen LogP contribution in [-0.4, -0.2) is 9.97 Å². The molecule has 0 aliphatic heterocycles. The van der Waals surface area contributed by atoms with E-state index in [2.05, 4.69) is 18.8 Å². The summed E-state index contributed by atoms with van der Waals surface area (Å²) in [5, 5.41) is 0. The van der Waals surface area contributed by atoms with Gasteiger partial charge in [0.05, 0.1) is 0 Å².